The molecule has 1 amide bonds. The summed E-state index contributed by atoms with van der Waals surface area (Å²) in [5, 5.41) is 5.78. The van der Waals surface area contributed by atoms with E-state index in [1.807, 2.05) is 19.1 Å². The Balaban J connectivity index is 2.27. The maximum Gasteiger partial charge on any atom is 0.253 e. The number of hydrogen-bond donors (Lipinski definition) is 2. The van der Waals surface area contributed by atoms with Crippen molar-refractivity contribution in [2.75, 3.05) is 0 Å². The largest absolute Gasteiger partial charge is 0.347 e. The van der Waals surface area contributed by atoms with E-state index >= 15 is 0 Å². The number of carbonyl (C=O) groups is 1. The van der Waals surface area contributed by atoms with E-state index in [4.69, 9.17) is 12.2 Å². The van der Waals surface area contributed by atoms with Crippen LogP contribution in [0.25, 0.3) is 0 Å². The second-order valence-electron chi connectivity index (χ2n) is 3.13. The zero-order chi connectivity index (χ0) is 10.1. The molecule has 4 nitrogen and oxygen atoms in total. The first kappa shape index (κ1) is 9.08. The Labute approximate surface area is 86.7 Å². The molecule has 2 heterocycles. The molecule has 0 bridgehead atoms. The van der Waals surface area contributed by atoms with E-state index in [-0.39, 0.29) is 5.91 Å². The first-order valence-electron chi connectivity index (χ1n) is 4.21. The van der Waals surface area contributed by atoms with Crippen LogP contribution >= 0.6 is 12.2 Å². The van der Waals surface area contributed by atoms with E-state index in [2.05, 4.69) is 15.6 Å². The molecule has 14 heavy (non-hydrogen) atoms. The monoisotopic (exact) mass is 207 g/mol. The van der Waals surface area contributed by atoms with Crippen molar-refractivity contribution in [2.24, 2.45) is 0 Å². The fourth-order valence-corrected chi connectivity index (χ4v) is 1.52. The molecule has 1 aliphatic rings. The van der Waals surface area contributed by atoms with Gasteiger partial charge in [-0.2, -0.15) is 0 Å². The molecule has 1 aliphatic heterocycles. The van der Waals surface area contributed by atoms with Crippen molar-refractivity contribution in [1.82, 2.24) is 15.6 Å². The van der Waals surface area contributed by atoms with Crippen molar-refractivity contribution in [1.29, 1.82) is 0 Å². The summed E-state index contributed by atoms with van der Waals surface area (Å²) in [4.78, 5) is 15.5. The summed E-state index contributed by atoms with van der Waals surface area (Å²) < 4.78 is 0. The molecule has 1 fully saturated rings. The SMILES string of the molecule is Cc1ccc(C2NC(=S)NC2=O)cn1. The third-order valence-corrected chi connectivity index (χ3v) is 2.26. The van der Waals surface area contributed by atoms with Gasteiger partial charge in [-0.1, -0.05) is 6.07 Å². The fourth-order valence-electron chi connectivity index (χ4n) is 1.30. The van der Waals surface area contributed by atoms with Gasteiger partial charge in [-0.05, 0) is 25.2 Å². The molecular weight excluding hydrogens is 198 g/mol. The average molecular weight is 207 g/mol. The number of nitrogens with zero attached hydrogens (tertiary/aromatic N) is 1. The third-order valence-electron chi connectivity index (χ3n) is 2.04. The van der Waals surface area contributed by atoms with Crippen LogP contribution in [0.3, 0.4) is 0 Å². The topological polar surface area (TPSA) is 54.0 Å². The molecule has 0 radical (unpaired) electrons. The minimum atomic E-state index is -0.393. The van der Waals surface area contributed by atoms with Gasteiger partial charge in [0.1, 0.15) is 6.04 Å². The summed E-state index contributed by atoms with van der Waals surface area (Å²) >= 11 is 4.84. The van der Waals surface area contributed by atoms with Crippen LogP contribution in [-0.4, -0.2) is 16.0 Å². The molecule has 72 valence electrons. The molecule has 0 aliphatic carbocycles. The van der Waals surface area contributed by atoms with Crippen molar-refractivity contribution in [3.8, 4) is 0 Å². The molecule has 0 aromatic carbocycles. The molecule has 0 spiro atoms. The molecule has 2 rings (SSSR count). The Morgan fingerprint density at radius 2 is 2.29 bits per heavy atom. The third kappa shape index (κ3) is 1.58. The van der Waals surface area contributed by atoms with E-state index < -0.39 is 6.04 Å². The fraction of sp³-hybridized carbons (Fsp3) is 0.222. The number of thiocarbonyl (C=S) groups is 1. The van der Waals surface area contributed by atoms with E-state index in [9.17, 15) is 4.79 Å². The lowest BCUT2D eigenvalue weighted by molar-refractivity contribution is -0.120. The maximum atomic E-state index is 11.4. The van der Waals surface area contributed by atoms with Crippen LogP contribution in [0.1, 0.15) is 17.3 Å². The first-order chi connectivity index (χ1) is 6.66. The van der Waals surface area contributed by atoms with Gasteiger partial charge in [0, 0.05) is 17.5 Å². The molecule has 1 saturated heterocycles. The molecule has 2 N–H and O–H groups in total. The zero-order valence-corrected chi connectivity index (χ0v) is 8.39. The molecule has 1 aromatic rings. The second-order valence-corrected chi connectivity index (χ2v) is 3.54. The Morgan fingerprint density at radius 3 is 2.79 bits per heavy atom. The predicted molar refractivity (Wildman–Crippen MR) is 55.6 cm³/mol. The number of aromatic nitrogens is 1. The van der Waals surface area contributed by atoms with Gasteiger partial charge in [-0.25, -0.2) is 0 Å². The Kier molecular flexibility index (Phi) is 2.17. The highest BCUT2D eigenvalue weighted by Gasteiger charge is 2.28. The van der Waals surface area contributed by atoms with E-state index in [1.165, 1.54) is 0 Å². The normalized spacial score (nSPS) is 20.5. The molecule has 1 atom stereocenters. The van der Waals surface area contributed by atoms with Gasteiger partial charge in [0.05, 0.1) is 0 Å². The van der Waals surface area contributed by atoms with Crippen LogP contribution in [0.4, 0.5) is 0 Å². The highest BCUT2D eigenvalue weighted by atomic mass is 32.1. The van der Waals surface area contributed by atoms with Crippen molar-refractivity contribution in [2.45, 2.75) is 13.0 Å². The van der Waals surface area contributed by atoms with Crippen molar-refractivity contribution >= 4 is 23.2 Å². The van der Waals surface area contributed by atoms with Gasteiger partial charge in [0.2, 0.25) is 0 Å². The van der Waals surface area contributed by atoms with Crippen LogP contribution in [0.5, 0.6) is 0 Å². The summed E-state index contributed by atoms with van der Waals surface area (Å²) in [5.41, 5.74) is 1.75. The summed E-state index contributed by atoms with van der Waals surface area (Å²) in [6.45, 7) is 1.90. The van der Waals surface area contributed by atoms with Crippen LogP contribution < -0.4 is 10.6 Å². The van der Waals surface area contributed by atoms with Gasteiger partial charge in [0.15, 0.2) is 5.11 Å². The standard InChI is InChI=1S/C9H9N3OS/c1-5-2-3-6(4-10-5)7-8(13)12-9(14)11-7/h2-4,7H,1H3,(H2,11,12,13,14). The second kappa shape index (κ2) is 3.34. The minimum absolute atomic E-state index is 0.124. The first-order valence-corrected chi connectivity index (χ1v) is 4.61. The lowest BCUT2D eigenvalue weighted by atomic mass is 10.1. The molecule has 1 unspecified atom stereocenters. The van der Waals surface area contributed by atoms with Gasteiger partial charge in [0.25, 0.3) is 5.91 Å². The van der Waals surface area contributed by atoms with Gasteiger partial charge < -0.3 is 10.6 Å². The van der Waals surface area contributed by atoms with Gasteiger partial charge >= 0.3 is 0 Å². The van der Waals surface area contributed by atoms with E-state index in [0.717, 1.165) is 11.3 Å². The number of rotatable bonds is 1. The lowest BCUT2D eigenvalue weighted by Crippen LogP contribution is -2.21. The highest BCUT2D eigenvalue weighted by Crippen LogP contribution is 2.15. The summed E-state index contributed by atoms with van der Waals surface area (Å²) in [7, 11) is 0. The summed E-state index contributed by atoms with van der Waals surface area (Å²) in [5.74, 6) is -0.124. The van der Waals surface area contributed by atoms with E-state index in [0.29, 0.717) is 5.11 Å². The maximum absolute atomic E-state index is 11.4. The van der Waals surface area contributed by atoms with Crippen LogP contribution in [0.15, 0.2) is 18.3 Å². The average Bonchev–Trinajstić information content (AvgIpc) is 2.47. The number of aryl methyl sites for hydroxylation is 1. The summed E-state index contributed by atoms with van der Waals surface area (Å²) in [6.07, 6.45) is 1.68. The number of hydrogen-bond acceptors (Lipinski definition) is 3. The van der Waals surface area contributed by atoms with E-state index in [1.54, 1.807) is 6.20 Å². The zero-order valence-electron chi connectivity index (χ0n) is 7.57. The molecule has 1 aromatic heterocycles. The van der Waals surface area contributed by atoms with Crippen LogP contribution in [0, 0.1) is 6.92 Å². The molecule has 0 saturated carbocycles. The Morgan fingerprint density at radius 1 is 1.50 bits per heavy atom. The lowest BCUT2D eigenvalue weighted by Gasteiger charge is -2.06. The highest BCUT2D eigenvalue weighted by molar-refractivity contribution is 7.80. The van der Waals surface area contributed by atoms with Gasteiger partial charge in [-0.3, -0.25) is 9.78 Å². The predicted octanol–water partition coefficient (Wildman–Crippen LogP) is 0.435. The number of amides is 1. The van der Waals surface area contributed by atoms with Crippen molar-refractivity contribution in [3.05, 3.63) is 29.6 Å². The quantitative estimate of drug-likeness (QED) is 0.656. The smallest absolute Gasteiger partial charge is 0.253 e. The van der Waals surface area contributed by atoms with Crippen molar-refractivity contribution in [3.63, 3.8) is 0 Å². The number of nitrogens with one attached hydrogen (secondary N) is 2. The van der Waals surface area contributed by atoms with Crippen LogP contribution in [-0.2, 0) is 4.79 Å². The summed E-state index contributed by atoms with van der Waals surface area (Å²) in [6, 6.07) is 3.34. The van der Waals surface area contributed by atoms with Crippen molar-refractivity contribution < 1.29 is 4.79 Å². The number of pyridine rings is 1. The molecular formula is C9H9N3OS. The minimum Gasteiger partial charge on any atom is -0.347 e. The Hall–Kier alpha value is -1.49. The Bertz CT molecular complexity index is 388. The van der Waals surface area contributed by atoms with Crippen LogP contribution in [0.2, 0.25) is 0 Å². The number of carbonyl (C=O) groups excluding carboxylic acids is 1. The van der Waals surface area contributed by atoms with Gasteiger partial charge in [-0.15, -0.1) is 0 Å². The molecule has 5 heteroatoms.